The molecule has 2 heterocycles. The Morgan fingerprint density at radius 3 is 2.18 bits per heavy atom. The maximum absolute atomic E-state index is 12.7. The van der Waals surface area contributed by atoms with Crippen molar-refractivity contribution in [3.05, 3.63) is 54.6 Å². The number of nitrogens with one attached hydrogen (secondary N) is 2. The van der Waals surface area contributed by atoms with Gasteiger partial charge in [0, 0.05) is 37.7 Å². The number of piperidine rings is 1. The fraction of sp³-hybridized carbons (Fsp3) is 0.364. The molecule has 2 aromatic rings. The summed E-state index contributed by atoms with van der Waals surface area (Å²) in [5, 5.41) is 2.80. The second kappa shape index (κ2) is 9.62. The Kier molecular flexibility index (Phi) is 6.82. The number of aliphatic imine (C=N–C) groups is 1. The average Bonchev–Trinajstić information content (AvgIpc) is 3.32. The number of rotatable bonds is 6. The molecule has 0 saturated carbocycles. The van der Waals surface area contributed by atoms with Crippen molar-refractivity contribution in [3.8, 4) is 0 Å². The molecular weight excluding hydrogens is 464 g/mol. The molecule has 0 aliphatic carbocycles. The van der Waals surface area contributed by atoms with E-state index in [1.54, 1.807) is 30.3 Å². The highest BCUT2D eigenvalue weighted by Gasteiger charge is 2.32. The largest absolute Gasteiger partial charge is 0.326 e. The topological polar surface area (TPSA) is 125 Å². The Morgan fingerprint density at radius 1 is 0.909 bits per heavy atom. The molecular formula is C22H26N4O5S2. The zero-order chi connectivity index (χ0) is 23.5. The number of sulfonamides is 2. The number of carbonyl (C=O) groups is 1. The standard InChI is InChI=1S/C22H26N4O5S2/c27-22(17-12-15-26(16-13-17)33(30,31)20-5-2-1-3-6-20)24-18-8-10-19(11-9-18)32(28,29)25-21-7-4-14-23-21/h1-3,5-6,8-11,17H,4,7,12-16H2,(H,23,25)(H,24,27). The van der Waals surface area contributed by atoms with Gasteiger partial charge >= 0.3 is 0 Å². The summed E-state index contributed by atoms with van der Waals surface area (Å²) < 4.78 is 54.3. The smallest absolute Gasteiger partial charge is 0.262 e. The molecule has 2 N–H and O–H groups in total. The summed E-state index contributed by atoms with van der Waals surface area (Å²) in [5.41, 5.74) is 0.483. The minimum absolute atomic E-state index is 0.0922. The number of carbonyl (C=O) groups excluding carboxylic acids is 1. The van der Waals surface area contributed by atoms with Gasteiger partial charge in [-0.1, -0.05) is 18.2 Å². The fourth-order valence-electron chi connectivity index (χ4n) is 3.90. The van der Waals surface area contributed by atoms with Crippen molar-refractivity contribution in [2.45, 2.75) is 35.5 Å². The van der Waals surface area contributed by atoms with Crippen LogP contribution in [0, 0.1) is 5.92 Å². The van der Waals surface area contributed by atoms with E-state index < -0.39 is 20.0 Å². The predicted octanol–water partition coefficient (Wildman–Crippen LogP) is 2.20. The SMILES string of the molecule is O=C(Nc1ccc(S(=O)(=O)NC2=NCCC2)cc1)C1CCN(S(=O)(=O)c2ccccc2)CC1. The minimum Gasteiger partial charge on any atom is -0.326 e. The van der Waals surface area contributed by atoms with E-state index in [1.807, 2.05) is 0 Å². The van der Waals surface area contributed by atoms with E-state index in [9.17, 15) is 21.6 Å². The van der Waals surface area contributed by atoms with Gasteiger partial charge in [-0.05, 0) is 55.7 Å². The molecule has 1 amide bonds. The van der Waals surface area contributed by atoms with E-state index in [0.717, 1.165) is 6.42 Å². The van der Waals surface area contributed by atoms with Crippen molar-refractivity contribution in [2.24, 2.45) is 10.9 Å². The molecule has 9 nitrogen and oxygen atoms in total. The second-order valence-electron chi connectivity index (χ2n) is 8.04. The van der Waals surface area contributed by atoms with Crippen LogP contribution in [0.5, 0.6) is 0 Å². The van der Waals surface area contributed by atoms with Crippen LogP contribution in [-0.2, 0) is 24.8 Å². The molecule has 0 atom stereocenters. The summed E-state index contributed by atoms with van der Waals surface area (Å²) >= 11 is 0. The molecule has 0 bridgehead atoms. The van der Waals surface area contributed by atoms with Gasteiger partial charge in [-0.2, -0.15) is 4.31 Å². The van der Waals surface area contributed by atoms with Gasteiger partial charge in [0.25, 0.3) is 10.0 Å². The van der Waals surface area contributed by atoms with Crippen LogP contribution < -0.4 is 10.0 Å². The van der Waals surface area contributed by atoms with Crippen LogP contribution in [0.2, 0.25) is 0 Å². The van der Waals surface area contributed by atoms with Crippen LogP contribution in [0.1, 0.15) is 25.7 Å². The highest BCUT2D eigenvalue weighted by molar-refractivity contribution is 7.90. The van der Waals surface area contributed by atoms with Crippen molar-refractivity contribution < 1.29 is 21.6 Å². The van der Waals surface area contributed by atoms with E-state index >= 15 is 0 Å². The summed E-state index contributed by atoms with van der Waals surface area (Å²) in [6.45, 7) is 1.16. The van der Waals surface area contributed by atoms with E-state index in [1.165, 1.54) is 28.6 Å². The van der Waals surface area contributed by atoms with Crippen molar-refractivity contribution in [3.63, 3.8) is 0 Å². The molecule has 11 heteroatoms. The maximum Gasteiger partial charge on any atom is 0.262 e. The van der Waals surface area contributed by atoms with Gasteiger partial charge in [0.2, 0.25) is 15.9 Å². The van der Waals surface area contributed by atoms with Gasteiger partial charge in [-0.15, -0.1) is 0 Å². The Balaban J connectivity index is 1.33. The van der Waals surface area contributed by atoms with Gasteiger partial charge in [0.1, 0.15) is 5.84 Å². The first-order valence-electron chi connectivity index (χ1n) is 10.8. The first-order chi connectivity index (χ1) is 15.8. The fourth-order valence-corrected chi connectivity index (χ4v) is 6.48. The molecule has 0 spiro atoms. The molecule has 2 aliphatic rings. The van der Waals surface area contributed by atoms with E-state index in [-0.39, 0.29) is 34.7 Å². The summed E-state index contributed by atoms with van der Waals surface area (Å²) in [7, 11) is -7.28. The lowest BCUT2D eigenvalue weighted by molar-refractivity contribution is -0.120. The lowest BCUT2D eigenvalue weighted by atomic mass is 9.97. The number of benzene rings is 2. The third-order valence-electron chi connectivity index (χ3n) is 5.76. The molecule has 33 heavy (non-hydrogen) atoms. The highest BCUT2D eigenvalue weighted by Crippen LogP contribution is 2.25. The van der Waals surface area contributed by atoms with Gasteiger partial charge < -0.3 is 5.32 Å². The van der Waals surface area contributed by atoms with E-state index in [0.29, 0.717) is 37.3 Å². The lowest BCUT2D eigenvalue weighted by Crippen LogP contribution is -2.41. The number of amidine groups is 1. The molecule has 1 fully saturated rings. The third kappa shape index (κ3) is 5.43. The summed E-state index contributed by atoms with van der Waals surface area (Å²) in [6, 6.07) is 14.2. The minimum atomic E-state index is -3.71. The second-order valence-corrected chi connectivity index (χ2v) is 11.7. The van der Waals surface area contributed by atoms with E-state index in [2.05, 4.69) is 15.0 Å². The molecule has 4 rings (SSSR count). The molecule has 0 radical (unpaired) electrons. The summed E-state index contributed by atoms with van der Waals surface area (Å²) in [5.74, 6) is -0.0634. The predicted molar refractivity (Wildman–Crippen MR) is 125 cm³/mol. The summed E-state index contributed by atoms with van der Waals surface area (Å²) in [6.07, 6.45) is 2.27. The Labute approximate surface area is 194 Å². The van der Waals surface area contributed by atoms with Crippen LogP contribution in [0.3, 0.4) is 0 Å². The number of hydrogen-bond donors (Lipinski definition) is 2. The normalized spacial score (nSPS) is 18.0. The monoisotopic (exact) mass is 490 g/mol. The Bertz CT molecular complexity index is 1240. The lowest BCUT2D eigenvalue weighted by Gasteiger charge is -2.30. The summed E-state index contributed by atoms with van der Waals surface area (Å²) in [4.78, 5) is 17.1. The van der Waals surface area contributed by atoms with Crippen molar-refractivity contribution >= 4 is 37.5 Å². The maximum atomic E-state index is 12.7. The van der Waals surface area contributed by atoms with Crippen molar-refractivity contribution in [1.29, 1.82) is 0 Å². The number of hydrogen-bond acceptors (Lipinski definition) is 6. The first-order valence-corrected chi connectivity index (χ1v) is 13.7. The van der Waals surface area contributed by atoms with Crippen molar-refractivity contribution in [2.75, 3.05) is 25.0 Å². The number of amides is 1. The van der Waals surface area contributed by atoms with Crippen LogP contribution in [0.4, 0.5) is 5.69 Å². The molecule has 176 valence electrons. The highest BCUT2D eigenvalue weighted by atomic mass is 32.2. The van der Waals surface area contributed by atoms with Gasteiger partial charge in [-0.25, -0.2) is 16.8 Å². The zero-order valence-electron chi connectivity index (χ0n) is 18.0. The molecule has 0 unspecified atom stereocenters. The number of nitrogens with zero attached hydrogens (tertiary/aromatic N) is 2. The average molecular weight is 491 g/mol. The molecule has 2 aromatic carbocycles. The van der Waals surface area contributed by atoms with E-state index in [4.69, 9.17) is 0 Å². The van der Waals surface area contributed by atoms with Gasteiger partial charge in [0.15, 0.2) is 0 Å². The molecule has 0 aromatic heterocycles. The van der Waals surface area contributed by atoms with Crippen molar-refractivity contribution in [1.82, 2.24) is 9.03 Å². The van der Waals surface area contributed by atoms with Crippen LogP contribution >= 0.6 is 0 Å². The van der Waals surface area contributed by atoms with Crippen LogP contribution in [0.15, 0.2) is 69.4 Å². The number of anilines is 1. The molecule has 2 aliphatic heterocycles. The zero-order valence-corrected chi connectivity index (χ0v) is 19.6. The quantitative estimate of drug-likeness (QED) is 0.642. The Morgan fingerprint density at radius 2 is 1.58 bits per heavy atom. The van der Waals surface area contributed by atoms with Gasteiger partial charge in [0.05, 0.1) is 9.79 Å². The third-order valence-corrected chi connectivity index (χ3v) is 9.07. The van der Waals surface area contributed by atoms with Gasteiger partial charge in [-0.3, -0.25) is 14.5 Å². The molecule has 1 saturated heterocycles. The Hall–Kier alpha value is -2.76. The first kappa shape index (κ1) is 23.4. The van der Waals surface area contributed by atoms with Crippen LogP contribution in [-0.4, -0.2) is 52.5 Å². The van der Waals surface area contributed by atoms with Crippen LogP contribution in [0.25, 0.3) is 0 Å².